The molecule has 1 rings (SSSR count). The molecular weight excluding hydrogens is 546 g/mol. The van der Waals surface area contributed by atoms with E-state index in [9.17, 15) is 13.0 Å². The van der Waals surface area contributed by atoms with Crippen LogP contribution in [0.1, 0.15) is 135 Å². The van der Waals surface area contributed by atoms with Crippen molar-refractivity contribution in [2.24, 2.45) is 0 Å². The Labute approximate surface area is 239 Å². The van der Waals surface area contributed by atoms with Crippen molar-refractivity contribution < 1.29 is 17.5 Å². The molecule has 0 atom stereocenters. The molecule has 0 aromatic heterocycles. The quantitative estimate of drug-likeness (QED) is 0.0435. The summed E-state index contributed by atoms with van der Waals surface area (Å²) in [6.45, 7) is 9.14. The van der Waals surface area contributed by atoms with Crippen LogP contribution in [-0.2, 0) is 10.1 Å². The minimum Gasteiger partial charge on any atom is -0.744 e. The lowest BCUT2D eigenvalue weighted by molar-refractivity contribution is -0.896. The number of quaternary nitrogens is 1. The fourth-order valence-electron chi connectivity index (χ4n) is 4.54. The summed E-state index contributed by atoms with van der Waals surface area (Å²) in [5.41, 5.74) is 2.05. The summed E-state index contributed by atoms with van der Waals surface area (Å²) in [6, 6.07) is 5.78. The average Bonchev–Trinajstić information content (AvgIpc) is 2.87. The molecule has 6 heteroatoms. The lowest BCUT2D eigenvalue weighted by Crippen LogP contribution is -2.44. The number of hydrogen-bond donors (Lipinski definition) is 0. The molecule has 0 bridgehead atoms. The summed E-state index contributed by atoms with van der Waals surface area (Å²) < 4.78 is 32.4. The summed E-state index contributed by atoms with van der Waals surface area (Å²) in [7, 11) is -1.82. The van der Waals surface area contributed by atoms with Crippen molar-refractivity contribution >= 4 is 26.0 Å². The Bertz CT molecular complexity index is 715. The summed E-state index contributed by atoms with van der Waals surface area (Å²) in [6.07, 6.45) is 25.8. The molecule has 0 unspecified atom stereocenters. The van der Waals surface area contributed by atoms with Gasteiger partial charge in [-0.15, -0.1) is 0 Å². The van der Waals surface area contributed by atoms with Gasteiger partial charge in [-0.3, -0.25) is 0 Å². The molecule has 1 aromatic carbocycles. The van der Waals surface area contributed by atoms with Gasteiger partial charge < -0.3 is 9.04 Å². The summed E-state index contributed by atoms with van der Waals surface area (Å²) in [5, 5.41) is 0. The summed E-state index contributed by atoms with van der Waals surface area (Å²) in [5.74, 6) is 0. The third kappa shape index (κ3) is 22.1. The minimum atomic E-state index is -4.27. The van der Waals surface area contributed by atoms with Gasteiger partial charge in [0, 0.05) is 0 Å². The van der Waals surface area contributed by atoms with E-state index in [1.54, 1.807) is 12.1 Å². The van der Waals surface area contributed by atoms with E-state index < -0.39 is 10.1 Å². The molecule has 0 spiro atoms. The smallest absolute Gasteiger partial charge is 0.134 e. The molecule has 0 aliphatic heterocycles. The van der Waals surface area contributed by atoms with E-state index in [1.165, 1.54) is 145 Å². The lowest BCUT2D eigenvalue weighted by atomic mass is 10.1. The first-order valence-corrected chi connectivity index (χ1v) is 17.6. The molecule has 0 aliphatic rings. The number of nitrogens with zero attached hydrogens (tertiary/aromatic N) is 1. The van der Waals surface area contributed by atoms with Gasteiger partial charge in [0.2, 0.25) is 0 Å². The highest BCUT2D eigenvalue weighted by Crippen LogP contribution is 2.16. The number of aryl methyl sites for hydroxylation is 1. The van der Waals surface area contributed by atoms with E-state index in [0.29, 0.717) is 0 Å². The van der Waals surface area contributed by atoms with Crippen molar-refractivity contribution in [2.45, 2.75) is 141 Å². The van der Waals surface area contributed by atoms with Crippen LogP contribution in [0.15, 0.2) is 29.2 Å². The zero-order chi connectivity index (χ0) is 27.8. The van der Waals surface area contributed by atoms with E-state index >= 15 is 0 Å². The van der Waals surface area contributed by atoms with Crippen LogP contribution >= 0.6 is 15.9 Å². The first-order valence-electron chi connectivity index (χ1n) is 15.1. The van der Waals surface area contributed by atoms with Crippen molar-refractivity contribution in [1.82, 2.24) is 0 Å². The highest BCUT2D eigenvalue weighted by molar-refractivity contribution is 9.09. The fraction of sp³-hybridized carbons (Fsp3) is 0.806. The van der Waals surface area contributed by atoms with Crippen LogP contribution in [-0.4, -0.2) is 43.0 Å². The second-order valence-electron chi connectivity index (χ2n) is 11.1. The third-order valence-corrected chi connectivity index (χ3v) is 9.26. The predicted molar refractivity (Wildman–Crippen MR) is 163 cm³/mol. The van der Waals surface area contributed by atoms with Crippen LogP contribution in [0, 0.1) is 6.92 Å². The second-order valence-corrected chi connectivity index (χ2v) is 13.0. The van der Waals surface area contributed by atoms with E-state index in [1.807, 2.05) is 6.92 Å². The molecule has 218 valence electrons. The van der Waals surface area contributed by atoms with Gasteiger partial charge in [-0.1, -0.05) is 121 Å². The van der Waals surface area contributed by atoms with Gasteiger partial charge in [0.05, 0.1) is 25.0 Å². The van der Waals surface area contributed by atoms with E-state index in [2.05, 4.69) is 36.8 Å². The Hall–Kier alpha value is -0.430. The molecule has 0 fully saturated rings. The Morgan fingerprint density at radius 3 is 1.27 bits per heavy atom. The Balaban J connectivity index is 0.000000970. The maximum Gasteiger partial charge on any atom is 0.134 e. The number of unbranched alkanes of at least 4 members (excludes halogenated alkanes) is 16. The van der Waals surface area contributed by atoms with Gasteiger partial charge in [0.25, 0.3) is 0 Å². The Morgan fingerprint density at radius 2 is 0.973 bits per heavy atom. The van der Waals surface area contributed by atoms with Crippen LogP contribution in [0.5, 0.6) is 0 Å². The second kappa shape index (κ2) is 23.5. The molecule has 0 aliphatic carbocycles. The van der Waals surface area contributed by atoms with Crippen LogP contribution in [0.25, 0.3) is 0 Å². The molecule has 0 saturated heterocycles. The largest absolute Gasteiger partial charge is 0.744 e. The van der Waals surface area contributed by atoms with Gasteiger partial charge in [0.15, 0.2) is 0 Å². The number of alkyl halides is 1. The van der Waals surface area contributed by atoms with Crippen LogP contribution in [0.3, 0.4) is 0 Å². The van der Waals surface area contributed by atoms with Gasteiger partial charge in [-0.2, -0.15) is 0 Å². The number of rotatable bonds is 22. The predicted octanol–water partition coefficient (Wildman–Crippen LogP) is 9.75. The first-order chi connectivity index (χ1) is 17.7. The minimum absolute atomic E-state index is 0.178. The number of benzene rings is 1. The third-order valence-electron chi connectivity index (χ3n) is 7.20. The van der Waals surface area contributed by atoms with Crippen molar-refractivity contribution in [3.63, 3.8) is 0 Å². The Kier molecular flexibility index (Phi) is 23.2. The van der Waals surface area contributed by atoms with Crippen molar-refractivity contribution in [2.75, 3.05) is 25.6 Å². The molecule has 0 N–H and O–H groups in total. The van der Waals surface area contributed by atoms with Gasteiger partial charge >= 0.3 is 0 Å². The topological polar surface area (TPSA) is 57.2 Å². The van der Waals surface area contributed by atoms with Gasteiger partial charge in [-0.05, 0) is 60.7 Å². The molecule has 0 saturated carbocycles. The summed E-state index contributed by atoms with van der Waals surface area (Å²) >= 11 is 3.78. The van der Waals surface area contributed by atoms with Crippen molar-refractivity contribution in [1.29, 1.82) is 0 Å². The zero-order valence-electron chi connectivity index (χ0n) is 24.6. The van der Waals surface area contributed by atoms with Crippen molar-refractivity contribution in [3.8, 4) is 0 Å². The molecule has 1 aromatic rings. The number of halogens is 1. The maximum absolute atomic E-state index is 10.4. The van der Waals surface area contributed by atoms with Gasteiger partial charge in [-0.25, -0.2) is 8.42 Å². The van der Waals surface area contributed by atoms with Crippen LogP contribution < -0.4 is 0 Å². The molecule has 0 radical (unpaired) electrons. The van der Waals surface area contributed by atoms with E-state index in [-0.39, 0.29) is 4.90 Å². The van der Waals surface area contributed by atoms with E-state index in [0.717, 1.165) is 11.0 Å². The normalized spacial score (nSPS) is 11.8. The van der Waals surface area contributed by atoms with Crippen molar-refractivity contribution in [3.05, 3.63) is 29.8 Å². The Morgan fingerprint density at radius 1 is 0.649 bits per heavy atom. The first kappa shape index (κ1) is 36.6. The average molecular weight is 605 g/mol. The monoisotopic (exact) mass is 603 g/mol. The number of hydrogen-bond acceptors (Lipinski definition) is 3. The lowest BCUT2D eigenvalue weighted by Gasteiger charge is -2.32. The molecule has 4 nitrogen and oxygen atoms in total. The molecule has 0 amide bonds. The molecule has 37 heavy (non-hydrogen) atoms. The summed E-state index contributed by atoms with van der Waals surface area (Å²) in [4.78, 5) is -0.178. The molecule has 0 heterocycles. The molecular formula is C31H58BrNO3S. The van der Waals surface area contributed by atoms with Gasteiger partial charge in [0.1, 0.15) is 15.6 Å². The van der Waals surface area contributed by atoms with E-state index in [4.69, 9.17) is 0 Å². The highest BCUT2D eigenvalue weighted by atomic mass is 79.9. The maximum atomic E-state index is 10.4. The van der Waals surface area contributed by atoms with Crippen LogP contribution in [0.2, 0.25) is 0 Å². The SMILES string of the molecule is CCCCCCCCCCC[N+](C)(CBr)CCCCCCCCCCC.Cc1ccc(S(=O)(=O)[O-])cc1. The fourth-order valence-corrected chi connectivity index (χ4v) is 5.52. The zero-order valence-corrected chi connectivity index (χ0v) is 27.0. The highest BCUT2D eigenvalue weighted by Gasteiger charge is 2.18. The standard InChI is InChI=1S/C24H51BrN.C7H8O3S/c1-4-6-8-10-12-14-16-18-20-22-26(3,24-25)23-21-19-17-15-13-11-9-7-5-2;1-6-2-4-7(5-3-6)11(8,9)10/h4-24H2,1-3H3;2-5H,1H3,(H,8,9,10)/q+1;/p-1. The van der Waals surface area contributed by atoms with Crippen LogP contribution in [0.4, 0.5) is 0 Å².